The van der Waals surface area contributed by atoms with Crippen LogP contribution in [0.25, 0.3) is 11.1 Å². The molecule has 174 valence electrons. The molecule has 0 saturated heterocycles. The standard InChI is InChI=1S/C24H22N4O5S/c1-14-10-11-18(12-15(14)2)28-24(30)22(16(3)27-28)26-25-21-9-5-8-20(23(21)29)17-6-4-7-19(13-17)34(31,32)33/h4-13,25,29H,1-3H3,(H,31,32,33)/b26-22-. The Morgan fingerprint density at radius 1 is 0.971 bits per heavy atom. The van der Waals surface area contributed by atoms with E-state index >= 15 is 0 Å². The summed E-state index contributed by atoms with van der Waals surface area (Å²) in [5.41, 5.74) is 6.86. The molecule has 1 aliphatic heterocycles. The van der Waals surface area contributed by atoms with Gasteiger partial charge in [-0.2, -0.15) is 23.6 Å². The Morgan fingerprint density at radius 2 is 1.71 bits per heavy atom. The zero-order chi connectivity index (χ0) is 24.6. The van der Waals surface area contributed by atoms with Gasteiger partial charge < -0.3 is 5.11 Å². The third kappa shape index (κ3) is 4.41. The molecule has 0 bridgehead atoms. The fourth-order valence-corrected chi connectivity index (χ4v) is 3.99. The predicted octanol–water partition coefficient (Wildman–Crippen LogP) is 4.11. The molecule has 0 radical (unpaired) electrons. The molecule has 1 amide bonds. The summed E-state index contributed by atoms with van der Waals surface area (Å²) in [6.45, 7) is 5.60. The first kappa shape index (κ1) is 23.1. The Labute approximate surface area is 196 Å². The van der Waals surface area contributed by atoms with Crippen LogP contribution in [0.5, 0.6) is 5.75 Å². The fraction of sp³-hybridized carbons (Fsp3) is 0.125. The Morgan fingerprint density at radius 3 is 2.41 bits per heavy atom. The highest BCUT2D eigenvalue weighted by Crippen LogP contribution is 2.36. The van der Waals surface area contributed by atoms with Crippen LogP contribution in [0.4, 0.5) is 11.4 Å². The Hall–Kier alpha value is -4.02. The average Bonchev–Trinajstić information content (AvgIpc) is 3.08. The summed E-state index contributed by atoms with van der Waals surface area (Å²) < 4.78 is 32.2. The molecule has 4 rings (SSSR count). The maximum atomic E-state index is 12.9. The summed E-state index contributed by atoms with van der Waals surface area (Å²) in [4.78, 5) is 12.6. The maximum absolute atomic E-state index is 12.9. The van der Waals surface area contributed by atoms with Crippen LogP contribution in [0.15, 0.2) is 75.8 Å². The van der Waals surface area contributed by atoms with E-state index in [1.54, 1.807) is 31.2 Å². The van der Waals surface area contributed by atoms with Gasteiger partial charge in [-0.25, -0.2) is 0 Å². The lowest BCUT2D eigenvalue weighted by Gasteiger charge is -2.13. The van der Waals surface area contributed by atoms with Gasteiger partial charge in [0.25, 0.3) is 10.1 Å². The first-order valence-corrected chi connectivity index (χ1v) is 11.7. The lowest BCUT2D eigenvalue weighted by molar-refractivity contribution is -0.112. The highest BCUT2D eigenvalue weighted by atomic mass is 32.2. The van der Waals surface area contributed by atoms with Crippen molar-refractivity contribution in [2.75, 3.05) is 10.4 Å². The summed E-state index contributed by atoms with van der Waals surface area (Å²) in [6.07, 6.45) is 0. The monoisotopic (exact) mass is 478 g/mol. The molecule has 10 heteroatoms. The van der Waals surface area contributed by atoms with Gasteiger partial charge in [-0.05, 0) is 67.8 Å². The van der Waals surface area contributed by atoms with Gasteiger partial charge in [0.1, 0.15) is 5.75 Å². The Bertz CT molecular complexity index is 1480. The normalized spacial score (nSPS) is 15.1. The summed E-state index contributed by atoms with van der Waals surface area (Å²) in [5, 5.41) is 20.5. The number of benzene rings is 3. The quantitative estimate of drug-likeness (QED) is 0.287. The van der Waals surface area contributed by atoms with Crippen molar-refractivity contribution >= 4 is 38.8 Å². The lowest BCUT2D eigenvalue weighted by Crippen LogP contribution is -2.28. The smallest absolute Gasteiger partial charge is 0.301 e. The molecule has 34 heavy (non-hydrogen) atoms. The van der Waals surface area contributed by atoms with Crippen LogP contribution >= 0.6 is 0 Å². The van der Waals surface area contributed by atoms with Crippen molar-refractivity contribution in [2.45, 2.75) is 25.7 Å². The Balaban J connectivity index is 1.62. The van der Waals surface area contributed by atoms with E-state index in [9.17, 15) is 22.9 Å². The number of anilines is 2. The number of para-hydroxylation sites is 1. The molecule has 0 spiro atoms. The van der Waals surface area contributed by atoms with E-state index in [0.29, 0.717) is 22.5 Å². The third-order valence-corrected chi connectivity index (χ3v) is 6.34. The van der Waals surface area contributed by atoms with Crippen molar-refractivity contribution in [1.29, 1.82) is 0 Å². The van der Waals surface area contributed by atoms with Crippen LogP contribution in [0, 0.1) is 13.8 Å². The van der Waals surface area contributed by atoms with Crippen molar-refractivity contribution in [3.05, 3.63) is 71.8 Å². The second kappa shape index (κ2) is 8.73. The number of phenols is 1. The number of carbonyl (C=O) groups is 1. The number of hydrogen-bond acceptors (Lipinski definition) is 7. The SMILES string of the molecule is CC1=NN(c2ccc(C)c(C)c2)C(=O)/C1=N\Nc1cccc(-c2cccc(S(=O)(=O)O)c2)c1O. The minimum absolute atomic E-state index is 0.0939. The van der Waals surface area contributed by atoms with Gasteiger partial charge in [0.05, 0.1) is 22.0 Å². The number of phenolic OH excluding ortho intramolecular Hbond substituents is 1. The zero-order valence-corrected chi connectivity index (χ0v) is 19.5. The molecule has 0 aliphatic carbocycles. The number of hydrazone groups is 2. The molecule has 3 aromatic rings. The third-order valence-electron chi connectivity index (χ3n) is 5.49. The van der Waals surface area contributed by atoms with Gasteiger partial charge in [-0.1, -0.05) is 30.3 Å². The average molecular weight is 479 g/mol. The van der Waals surface area contributed by atoms with Crippen LogP contribution in [-0.2, 0) is 14.9 Å². The van der Waals surface area contributed by atoms with Crippen LogP contribution in [-0.4, -0.2) is 35.4 Å². The number of nitrogens with zero attached hydrogens (tertiary/aromatic N) is 3. The second-order valence-corrected chi connectivity index (χ2v) is 9.27. The van der Waals surface area contributed by atoms with E-state index in [2.05, 4.69) is 15.6 Å². The molecule has 3 aromatic carbocycles. The number of aryl methyl sites for hydroxylation is 2. The molecule has 1 aliphatic rings. The van der Waals surface area contributed by atoms with E-state index in [0.717, 1.165) is 11.1 Å². The number of nitrogens with one attached hydrogen (secondary N) is 1. The van der Waals surface area contributed by atoms with Gasteiger partial charge in [0, 0.05) is 5.56 Å². The van der Waals surface area contributed by atoms with Gasteiger partial charge >= 0.3 is 5.91 Å². The summed E-state index contributed by atoms with van der Waals surface area (Å²) in [6, 6.07) is 15.9. The van der Waals surface area contributed by atoms with Crippen molar-refractivity contribution in [1.82, 2.24) is 0 Å². The first-order valence-electron chi connectivity index (χ1n) is 10.3. The molecule has 3 N–H and O–H groups in total. The van der Waals surface area contributed by atoms with E-state index in [1.165, 1.54) is 23.2 Å². The van der Waals surface area contributed by atoms with Crippen LogP contribution in [0.3, 0.4) is 0 Å². The topological polar surface area (TPSA) is 132 Å². The Kier molecular flexibility index (Phi) is 5.94. The maximum Gasteiger partial charge on any atom is 0.301 e. The summed E-state index contributed by atoms with van der Waals surface area (Å²) in [5.74, 6) is -0.616. The van der Waals surface area contributed by atoms with Gasteiger partial charge in [-0.3, -0.25) is 14.8 Å². The van der Waals surface area contributed by atoms with E-state index in [1.807, 2.05) is 32.0 Å². The van der Waals surface area contributed by atoms with Crippen LogP contribution in [0.1, 0.15) is 18.1 Å². The minimum atomic E-state index is -4.40. The lowest BCUT2D eigenvalue weighted by atomic mass is 10.0. The van der Waals surface area contributed by atoms with E-state index < -0.39 is 16.0 Å². The molecule has 9 nitrogen and oxygen atoms in total. The first-order chi connectivity index (χ1) is 16.1. The molecular weight excluding hydrogens is 456 g/mol. The predicted molar refractivity (Wildman–Crippen MR) is 131 cm³/mol. The van der Waals surface area contributed by atoms with E-state index in [4.69, 9.17) is 0 Å². The largest absolute Gasteiger partial charge is 0.505 e. The number of rotatable bonds is 5. The highest BCUT2D eigenvalue weighted by Gasteiger charge is 2.31. The molecule has 0 fully saturated rings. The number of amides is 1. The number of hydrogen-bond donors (Lipinski definition) is 3. The van der Waals surface area contributed by atoms with Crippen LogP contribution < -0.4 is 10.4 Å². The van der Waals surface area contributed by atoms with Gasteiger partial charge in [0.15, 0.2) is 5.71 Å². The van der Waals surface area contributed by atoms with Crippen molar-refractivity contribution in [2.24, 2.45) is 10.2 Å². The fourth-order valence-electron chi connectivity index (χ4n) is 3.47. The molecule has 0 unspecified atom stereocenters. The van der Waals surface area contributed by atoms with Crippen molar-refractivity contribution < 1.29 is 22.9 Å². The zero-order valence-electron chi connectivity index (χ0n) is 18.6. The molecular formula is C24H22N4O5S. The van der Waals surface area contributed by atoms with E-state index in [-0.39, 0.29) is 22.0 Å². The molecule has 1 heterocycles. The van der Waals surface area contributed by atoms with Gasteiger partial charge in [0.2, 0.25) is 0 Å². The molecule has 0 aromatic heterocycles. The second-order valence-electron chi connectivity index (χ2n) is 7.85. The molecule has 0 atom stereocenters. The highest BCUT2D eigenvalue weighted by molar-refractivity contribution is 7.85. The summed E-state index contributed by atoms with van der Waals surface area (Å²) in [7, 11) is -4.40. The van der Waals surface area contributed by atoms with Gasteiger partial charge in [-0.15, -0.1) is 0 Å². The summed E-state index contributed by atoms with van der Waals surface area (Å²) >= 11 is 0. The number of carbonyl (C=O) groups excluding carboxylic acids is 1. The van der Waals surface area contributed by atoms with Crippen molar-refractivity contribution in [3.63, 3.8) is 0 Å². The van der Waals surface area contributed by atoms with Crippen molar-refractivity contribution in [3.8, 4) is 16.9 Å². The van der Waals surface area contributed by atoms with Crippen LogP contribution in [0.2, 0.25) is 0 Å². The minimum Gasteiger partial charge on any atom is -0.505 e. The molecule has 0 saturated carbocycles. The number of aromatic hydroxyl groups is 1.